The molecule has 0 aromatic heterocycles. The van der Waals surface area contributed by atoms with Gasteiger partial charge < -0.3 is 20.1 Å². The van der Waals surface area contributed by atoms with Crippen LogP contribution in [0.25, 0.3) is 0 Å². The van der Waals surface area contributed by atoms with Crippen molar-refractivity contribution in [1.82, 2.24) is 0 Å². The lowest BCUT2D eigenvalue weighted by atomic mass is 9.42. The van der Waals surface area contributed by atoms with Gasteiger partial charge in [-0.25, -0.2) is 0 Å². The third-order valence-corrected chi connectivity index (χ3v) is 9.23. The summed E-state index contributed by atoms with van der Waals surface area (Å²) in [6, 6.07) is 0. The largest absolute Gasteiger partial charge is 0.481 e. The van der Waals surface area contributed by atoms with Gasteiger partial charge in [0.1, 0.15) is 11.0 Å². The molecule has 0 amide bonds. The monoisotopic (exact) mass is 364 g/mol. The maximum atomic E-state index is 13.2. The van der Waals surface area contributed by atoms with E-state index in [2.05, 4.69) is 6.92 Å². The zero-order valence-corrected chi connectivity index (χ0v) is 15.2. The summed E-state index contributed by atoms with van der Waals surface area (Å²) in [6.45, 7) is 2.07. The molecule has 2 bridgehead atoms. The molecule has 0 aromatic rings. The number of hydrogen-bond acceptors (Lipinski definition) is 5. The SMILES string of the molecule is CC12CCC3C4(CCC5(O)CC(O)CCC35C(=O)O4)C1CC[C@H]2C(=O)O. The average molecular weight is 364 g/mol. The van der Waals surface area contributed by atoms with Gasteiger partial charge in [0, 0.05) is 18.3 Å². The fourth-order valence-electron chi connectivity index (χ4n) is 8.16. The molecule has 0 radical (unpaired) electrons. The highest BCUT2D eigenvalue weighted by atomic mass is 16.6. The minimum atomic E-state index is -1.19. The number of rotatable bonds is 1. The van der Waals surface area contributed by atoms with E-state index in [9.17, 15) is 24.9 Å². The molecule has 26 heavy (non-hydrogen) atoms. The highest BCUT2D eigenvalue weighted by Gasteiger charge is 2.80. The quantitative estimate of drug-likeness (QED) is 0.614. The minimum absolute atomic E-state index is 0.0505. The predicted octanol–water partition coefficient (Wildman–Crippen LogP) is 1.87. The number of ether oxygens (including phenoxy) is 1. The molecule has 144 valence electrons. The lowest BCUT2D eigenvalue weighted by Crippen LogP contribution is -2.67. The Hall–Kier alpha value is -1.14. The van der Waals surface area contributed by atoms with Gasteiger partial charge in [-0.1, -0.05) is 6.92 Å². The van der Waals surface area contributed by atoms with Crippen molar-refractivity contribution in [2.75, 3.05) is 0 Å². The summed E-state index contributed by atoms with van der Waals surface area (Å²) in [5.74, 6) is -1.42. The van der Waals surface area contributed by atoms with E-state index >= 15 is 0 Å². The van der Waals surface area contributed by atoms with Crippen molar-refractivity contribution >= 4 is 11.9 Å². The Labute approximate surface area is 152 Å². The van der Waals surface area contributed by atoms with Crippen LogP contribution in [0.4, 0.5) is 0 Å². The second kappa shape index (κ2) is 4.82. The second-order valence-electron chi connectivity index (χ2n) is 9.86. The van der Waals surface area contributed by atoms with Crippen LogP contribution in [0.15, 0.2) is 0 Å². The Morgan fingerprint density at radius 1 is 1.08 bits per heavy atom. The Bertz CT molecular complexity index is 692. The first-order chi connectivity index (χ1) is 12.2. The lowest BCUT2D eigenvalue weighted by Gasteiger charge is -2.61. The maximum Gasteiger partial charge on any atom is 0.316 e. The summed E-state index contributed by atoms with van der Waals surface area (Å²) in [6.07, 6.45) is 4.60. The van der Waals surface area contributed by atoms with E-state index in [0.29, 0.717) is 32.1 Å². The van der Waals surface area contributed by atoms with Crippen molar-refractivity contribution in [3.05, 3.63) is 0 Å². The van der Waals surface area contributed by atoms with E-state index in [4.69, 9.17) is 4.74 Å². The smallest absolute Gasteiger partial charge is 0.316 e. The van der Waals surface area contributed by atoms with Crippen molar-refractivity contribution in [3.63, 3.8) is 0 Å². The van der Waals surface area contributed by atoms with E-state index in [-0.39, 0.29) is 35.6 Å². The molecule has 5 aliphatic rings. The zero-order chi connectivity index (χ0) is 18.5. The van der Waals surface area contributed by atoms with Crippen LogP contribution in [0, 0.1) is 28.6 Å². The van der Waals surface area contributed by atoms with Crippen molar-refractivity contribution in [2.45, 2.75) is 82.0 Å². The first kappa shape index (κ1) is 17.0. The summed E-state index contributed by atoms with van der Waals surface area (Å²) < 4.78 is 6.17. The molecule has 7 unspecified atom stereocenters. The molecule has 8 atom stereocenters. The van der Waals surface area contributed by atoms with E-state index in [1.54, 1.807) is 0 Å². The van der Waals surface area contributed by atoms with Crippen LogP contribution in [0.1, 0.15) is 64.7 Å². The highest BCUT2D eigenvalue weighted by Crippen LogP contribution is 2.74. The van der Waals surface area contributed by atoms with E-state index in [1.165, 1.54) is 0 Å². The standard InChI is InChI=1S/C20H28O6/c1-17-6-5-14-19-7-4-11(21)10-18(19,25)8-9-20(14,26-16(19)24)13(17)3-2-12(17)15(22)23/h11-14,21,25H,2-10H2,1H3,(H,22,23)/t11?,12-,13?,14?,17?,18?,19?,20?/m0/s1. The summed E-state index contributed by atoms with van der Waals surface area (Å²) >= 11 is 0. The maximum absolute atomic E-state index is 13.2. The second-order valence-corrected chi connectivity index (χ2v) is 9.86. The minimum Gasteiger partial charge on any atom is -0.481 e. The molecule has 6 nitrogen and oxygen atoms in total. The van der Waals surface area contributed by atoms with E-state index in [0.717, 1.165) is 19.3 Å². The van der Waals surface area contributed by atoms with Crippen LogP contribution in [-0.2, 0) is 14.3 Å². The van der Waals surface area contributed by atoms with Crippen LogP contribution in [-0.4, -0.2) is 44.6 Å². The molecular weight excluding hydrogens is 336 g/mol. The van der Waals surface area contributed by atoms with Crippen molar-refractivity contribution < 1.29 is 29.6 Å². The Kier molecular flexibility index (Phi) is 3.15. The van der Waals surface area contributed by atoms with E-state index in [1.807, 2.05) is 0 Å². The number of carboxylic acid groups (broad SMARTS) is 1. The number of aliphatic carboxylic acids is 1. The molecule has 4 saturated carbocycles. The van der Waals surface area contributed by atoms with Gasteiger partial charge >= 0.3 is 11.9 Å². The number of hydrogen-bond donors (Lipinski definition) is 3. The molecule has 5 fully saturated rings. The fraction of sp³-hybridized carbons (Fsp3) is 0.900. The number of esters is 1. The van der Waals surface area contributed by atoms with Gasteiger partial charge in [0.05, 0.1) is 17.6 Å². The Morgan fingerprint density at radius 3 is 2.58 bits per heavy atom. The molecule has 5 rings (SSSR count). The Balaban J connectivity index is 1.61. The first-order valence-corrected chi connectivity index (χ1v) is 10.1. The normalized spacial score (nSPS) is 57.7. The molecule has 1 aliphatic heterocycles. The number of carboxylic acids is 1. The van der Waals surface area contributed by atoms with Crippen LogP contribution in [0.5, 0.6) is 0 Å². The lowest BCUT2D eigenvalue weighted by molar-refractivity contribution is -0.216. The first-order valence-electron chi connectivity index (χ1n) is 10.1. The molecule has 4 aliphatic carbocycles. The highest BCUT2D eigenvalue weighted by molar-refractivity contribution is 5.83. The van der Waals surface area contributed by atoms with Crippen LogP contribution in [0.2, 0.25) is 0 Å². The fourth-order valence-corrected chi connectivity index (χ4v) is 8.16. The van der Waals surface area contributed by atoms with Gasteiger partial charge in [-0.05, 0) is 56.8 Å². The molecule has 3 N–H and O–H groups in total. The number of aliphatic hydroxyl groups is 2. The topological polar surface area (TPSA) is 104 Å². The Morgan fingerprint density at radius 2 is 1.85 bits per heavy atom. The van der Waals surface area contributed by atoms with Gasteiger partial charge in [-0.15, -0.1) is 0 Å². The molecular formula is C20H28O6. The predicted molar refractivity (Wildman–Crippen MR) is 90.0 cm³/mol. The van der Waals surface area contributed by atoms with Crippen molar-refractivity contribution in [3.8, 4) is 0 Å². The molecule has 1 saturated heterocycles. The summed E-state index contributed by atoms with van der Waals surface area (Å²) in [5, 5.41) is 31.3. The van der Waals surface area contributed by atoms with Crippen LogP contribution in [0.3, 0.4) is 0 Å². The number of carbonyl (C=O) groups is 2. The molecule has 0 aromatic carbocycles. The molecule has 1 spiro atoms. The third kappa shape index (κ3) is 1.63. The summed E-state index contributed by atoms with van der Waals surface area (Å²) in [5.41, 5.74) is -3.07. The van der Waals surface area contributed by atoms with Gasteiger partial charge in [0.15, 0.2) is 0 Å². The van der Waals surface area contributed by atoms with Gasteiger partial charge in [-0.3, -0.25) is 9.59 Å². The van der Waals surface area contributed by atoms with E-state index < -0.39 is 28.7 Å². The van der Waals surface area contributed by atoms with Crippen molar-refractivity contribution in [2.24, 2.45) is 28.6 Å². The summed E-state index contributed by atoms with van der Waals surface area (Å²) in [4.78, 5) is 25.0. The average Bonchev–Trinajstić information content (AvgIpc) is 3.01. The summed E-state index contributed by atoms with van der Waals surface area (Å²) in [7, 11) is 0. The van der Waals surface area contributed by atoms with Gasteiger partial charge in [0.2, 0.25) is 0 Å². The number of carbonyl (C=O) groups excluding carboxylic acids is 1. The van der Waals surface area contributed by atoms with Crippen LogP contribution >= 0.6 is 0 Å². The van der Waals surface area contributed by atoms with Gasteiger partial charge in [0.25, 0.3) is 0 Å². The van der Waals surface area contributed by atoms with Gasteiger partial charge in [-0.2, -0.15) is 0 Å². The number of aliphatic hydroxyl groups excluding tert-OH is 1. The molecule has 6 heteroatoms. The number of fused-ring (bicyclic) bond motifs is 1. The van der Waals surface area contributed by atoms with Crippen LogP contribution < -0.4 is 0 Å². The van der Waals surface area contributed by atoms with Crippen molar-refractivity contribution in [1.29, 1.82) is 0 Å². The molecule has 1 heterocycles. The third-order valence-electron chi connectivity index (χ3n) is 9.23. The zero-order valence-electron chi connectivity index (χ0n) is 15.2.